The first-order chi connectivity index (χ1) is 5.34. The van der Waals surface area contributed by atoms with Gasteiger partial charge in [0.2, 0.25) is 0 Å². The van der Waals surface area contributed by atoms with Crippen LogP contribution >= 0.6 is 11.5 Å². The second-order valence-corrected chi connectivity index (χ2v) is 2.68. The van der Waals surface area contributed by atoms with E-state index in [0.29, 0.717) is 0 Å². The standard InChI is InChI=1S/C7H9NS.C2H6/c1-3-6(2)7-4-5-8-9-7;1-2/h3-5H,1-2H3;1-2H3/b6-3+;. The Bertz CT molecular complexity index is 199. The Kier molecular flexibility index (Phi) is 5.75. The number of aromatic nitrogens is 1. The fourth-order valence-corrected chi connectivity index (χ4v) is 1.18. The summed E-state index contributed by atoms with van der Waals surface area (Å²) in [7, 11) is 0. The maximum atomic E-state index is 3.99. The molecular weight excluding hydrogens is 154 g/mol. The molecule has 0 fully saturated rings. The van der Waals surface area contributed by atoms with E-state index in [1.807, 2.05) is 33.0 Å². The third kappa shape index (κ3) is 3.33. The van der Waals surface area contributed by atoms with Crippen LogP contribution in [0.1, 0.15) is 32.6 Å². The van der Waals surface area contributed by atoms with Gasteiger partial charge in [-0.2, -0.15) is 0 Å². The smallest absolute Gasteiger partial charge is 0.0503 e. The van der Waals surface area contributed by atoms with Crippen LogP contribution in [0.4, 0.5) is 0 Å². The molecule has 0 aliphatic rings. The largest absolute Gasteiger partial charge is 0.201 e. The van der Waals surface area contributed by atoms with E-state index in [1.54, 1.807) is 0 Å². The van der Waals surface area contributed by atoms with E-state index in [2.05, 4.69) is 17.4 Å². The molecule has 0 saturated heterocycles. The zero-order chi connectivity index (χ0) is 8.69. The molecule has 0 aliphatic carbocycles. The minimum Gasteiger partial charge on any atom is -0.201 e. The maximum Gasteiger partial charge on any atom is 0.0503 e. The van der Waals surface area contributed by atoms with Crippen molar-refractivity contribution in [2.75, 3.05) is 0 Å². The van der Waals surface area contributed by atoms with Crippen molar-refractivity contribution in [1.29, 1.82) is 0 Å². The molecule has 0 bridgehead atoms. The number of nitrogens with zero attached hydrogens (tertiary/aromatic N) is 1. The quantitative estimate of drug-likeness (QED) is 0.626. The molecule has 1 nitrogen and oxygen atoms in total. The van der Waals surface area contributed by atoms with Crippen LogP contribution in [-0.4, -0.2) is 4.37 Å². The van der Waals surface area contributed by atoms with E-state index in [9.17, 15) is 0 Å². The minimum absolute atomic E-state index is 1.26. The first kappa shape index (κ1) is 10.4. The highest BCUT2D eigenvalue weighted by atomic mass is 32.1. The Morgan fingerprint density at radius 1 is 1.55 bits per heavy atom. The molecule has 0 saturated carbocycles. The molecule has 0 amide bonds. The Labute approximate surface area is 72.9 Å². The van der Waals surface area contributed by atoms with Crippen molar-refractivity contribution in [1.82, 2.24) is 4.37 Å². The van der Waals surface area contributed by atoms with Gasteiger partial charge in [-0.3, -0.25) is 0 Å². The third-order valence-electron chi connectivity index (χ3n) is 1.26. The highest BCUT2D eigenvalue weighted by Crippen LogP contribution is 2.15. The van der Waals surface area contributed by atoms with Gasteiger partial charge in [0.15, 0.2) is 0 Å². The van der Waals surface area contributed by atoms with E-state index in [4.69, 9.17) is 0 Å². The first-order valence-electron chi connectivity index (χ1n) is 3.88. The Morgan fingerprint density at radius 2 is 2.18 bits per heavy atom. The summed E-state index contributed by atoms with van der Waals surface area (Å²) in [6.45, 7) is 8.13. The van der Waals surface area contributed by atoms with Crippen molar-refractivity contribution in [2.24, 2.45) is 0 Å². The molecule has 62 valence electrons. The molecule has 2 heteroatoms. The van der Waals surface area contributed by atoms with E-state index in [1.165, 1.54) is 22.0 Å². The molecule has 1 aromatic rings. The van der Waals surface area contributed by atoms with E-state index >= 15 is 0 Å². The van der Waals surface area contributed by atoms with Crippen LogP contribution in [0.2, 0.25) is 0 Å². The van der Waals surface area contributed by atoms with Crippen LogP contribution in [0, 0.1) is 0 Å². The fourth-order valence-electron chi connectivity index (χ4n) is 0.561. The average Bonchev–Trinajstić information content (AvgIpc) is 2.59. The van der Waals surface area contributed by atoms with Crippen LogP contribution in [-0.2, 0) is 0 Å². The molecule has 0 radical (unpaired) electrons. The van der Waals surface area contributed by atoms with Crippen molar-refractivity contribution in [3.8, 4) is 0 Å². The van der Waals surface area contributed by atoms with Crippen molar-refractivity contribution in [3.63, 3.8) is 0 Å². The van der Waals surface area contributed by atoms with Crippen LogP contribution in [0.25, 0.3) is 5.57 Å². The lowest BCUT2D eigenvalue weighted by Crippen LogP contribution is -1.66. The van der Waals surface area contributed by atoms with E-state index in [-0.39, 0.29) is 0 Å². The van der Waals surface area contributed by atoms with Crippen LogP contribution in [0.3, 0.4) is 0 Å². The predicted molar refractivity (Wildman–Crippen MR) is 52.8 cm³/mol. The minimum atomic E-state index is 1.26. The lowest BCUT2D eigenvalue weighted by molar-refractivity contribution is 1.50. The molecule has 0 N–H and O–H groups in total. The molecule has 0 spiro atoms. The molecule has 11 heavy (non-hydrogen) atoms. The Balaban J connectivity index is 0.000000461. The molecular formula is C9H15NS. The second kappa shape index (κ2) is 6.10. The van der Waals surface area contributed by atoms with Crippen LogP contribution < -0.4 is 0 Å². The molecule has 0 atom stereocenters. The monoisotopic (exact) mass is 169 g/mol. The van der Waals surface area contributed by atoms with Crippen molar-refractivity contribution in [2.45, 2.75) is 27.7 Å². The summed E-state index contributed by atoms with van der Waals surface area (Å²) < 4.78 is 3.99. The first-order valence-corrected chi connectivity index (χ1v) is 4.66. The van der Waals surface area contributed by atoms with Crippen LogP contribution in [0.15, 0.2) is 18.3 Å². The summed E-state index contributed by atoms with van der Waals surface area (Å²) in [4.78, 5) is 1.26. The summed E-state index contributed by atoms with van der Waals surface area (Å²) in [5.74, 6) is 0. The highest BCUT2D eigenvalue weighted by molar-refractivity contribution is 7.06. The fraction of sp³-hybridized carbons (Fsp3) is 0.444. The summed E-state index contributed by atoms with van der Waals surface area (Å²) in [5.41, 5.74) is 1.30. The molecule has 1 heterocycles. The summed E-state index contributed by atoms with van der Waals surface area (Å²) in [5, 5.41) is 0. The van der Waals surface area contributed by atoms with Gasteiger partial charge in [-0.05, 0) is 37.0 Å². The second-order valence-electron chi connectivity index (χ2n) is 1.85. The summed E-state index contributed by atoms with van der Waals surface area (Å²) >= 11 is 1.54. The van der Waals surface area contributed by atoms with Crippen molar-refractivity contribution >= 4 is 17.1 Å². The summed E-state index contributed by atoms with van der Waals surface area (Å²) in [6, 6.07) is 2.03. The highest BCUT2D eigenvalue weighted by Gasteiger charge is 1.92. The molecule has 1 aromatic heterocycles. The lowest BCUT2D eigenvalue weighted by atomic mass is 10.2. The van der Waals surface area contributed by atoms with Crippen molar-refractivity contribution in [3.05, 3.63) is 23.2 Å². The zero-order valence-corrected chi connectivity index (χ0v) is 8.40. The normalized spacial score (nSPS) is 10.4. The zero-order valence-electron chi connectivity index (χ0n) is 7.59. The molecule has 0 unspecified atom stereocenters. The number of hydrogen-bond donors (Lipinski definition) is 0. The van der Waals surface area contributed by atoms with Gasteiger partial charge in [0.05, 0.1) is 4.88 Å². The molecule has 0 aromatic carbocycles. The molecule has 0 aliphatic heterocycles. The van der Waals surface area contributed by atoms with Gasteiger partial charge >= 0.3 is 0 Å². The van der Waals surface area contributed by atoms with Gasteiger partial charge in [-0.25, -0.2) is 4.37 Å². The third-order valence-corrected chi connectivity index (χ3v) is 2.14. The topological polar surface area (TPSA) is 12.9 Å². The average molecular weight is 169 g/mol. The maximum absolute atomic E-state index is 3.99. The lowest BCUT2D eigenvalue weighted by Gasteiger charge is -1.88. The van der Waals surface area contributed by atoms with Gasteiger partial charge in [-0.15, -0.1) is 0 Å². The number of allylic oxidation sites excluding steroid dienone is 2. The van der Waals surface area contributed by atoms with Gasteiger partial charge in [-0.1, -0.05) is 19.9 Å². The van der Waals surface area contributed by atoms with E-state index in [0.717, 1.165) is 0 Å². The van der Waals surface area contributed by atoms with Gasteiger partial charge in [0, 0.05) is 6.20 Å². The summed E-state index contributed by atoms with van der Waals surface area (Å²) in [6.07, 6.45) is 3.92. The Hall–Kier alpha value is -0.630. The van der Waals surface area contributed by atoms with E-state index < -0.39 is 0 Å². The van der Waals surface area contributed by atoms with Crippen LogP contribution in [0.5, 0.6) is 0 Å². The van der Waals surface area contributed by atoms with Gasteiger partial charge < -0.3 is 0 Å². The Morgan fingerprint density at radius 3 is 2.55 bits per heavy atom. The number of rotatable bonds is 1. The van der Waals surface area contributed by atoms with Gasteiger partial charge in [0.25, 0.3) is 0 Å². The predicted octanol–water partition coefficient (Wildman–Crippen LogP) is 3.59. The van der Waals surface area contributed by atoms with Crippen molar-refractivity contribution < 1.29 is 0 Å². The number of hydrogen-bond acceptors (Lipinski definition) is 2. The molecule has 1 rings (SSSR count). The SMILES string of the molecule is C/C=C(\C)c1ccns1.CC. The van der Waals surface area contributed by atoms with Gasteiger partial charge in [0.1, 0.15) is 0 Å².